The van der Waals surface area contributed by atoms with Crippen LogP contribution in [0.4, 0.5) is 5.69 Å². The molecule has 0 saturated carbocycles. The van der Waals surface area contributed by atoms with Crippen LogP contribution >= 0.6 is 0 Å². The molecule has 0 N–H and O–H groups in total. The maximum atomic E-state index is 12.2. The molecule has 2 aromatic rings. The van der Waals surface area contributed by atoms with Crippen LogP contribution in [0.3, 0.4) is 0 Å². The monoisotopic (exact) mass is 366 g/mol. The van der Waals surface area contributed by atoms with E-state index in [1.54, 1.807) is 27.7 Å². The predicted octanol–water partition coefficient (Wildman–Crippen LogP) is 3.91. The number of rotatable bonds is 3. The standard InChI is InChI=1S/C21H22N2O4/c1-11(2)16-17(21(25)27-20(16)24)12(3)18-13(4)26-19(22-18)14-7-9-15(10-8-14)23(5)6/h7-10H,1-6H3/b17-12+. The van der Waals surface area contributed by atoms with Crippen molar-refractivity contribution < 1.29 is 18.7 Å². The van der Waals surface area contributed by atoms with Crippen molar-refractivity contribution >= 4 is 23.2 Å². The Labute approximate surface area is 158 Å². The first-order valence-electron chi connectivity index (χ1n) is 8.61. The van der Waals surface area contributed by atoms with Gasteiger partial charge in [-0.15, -0.1) is 0 Å². The van der Waals surface area contributed by atoms with E-state index in [0.717, 1.165) is 16.8 Å². The Morgan fingerprint density at radius 1 is 0.963 bits per heavy atom. The molecule has 2 heterocycles. The number of carbonyl (C=O) groups excluding carboxylic acids is 2. The normalized spacial score (nSPS) is 15.9. The van der Waals surface area contributed by atoms with Crippen LogP contribution in [0, 0.1) is 6.92 Å². The number of anilines is 1. The number of aryl methyl sites for hydroxylation is 1. The lowest BCUT2D eigenvalue weighted by atomic mass is 9.97. The minimum atomic E-state index is -0.645. The van der Waals surface area contributed by atoms with Gasteiger partial charge in [0.15, 0.2) is 0 Å². The van der Waals surface area contributed by atoms with Gasteiger partial charge in [0.1, 0.15) is 11.5 Å². The lowest BCUT2D eigenvalue weighted by Crippen LogP contribution is -2.07. The maximum absolute atomic E-state index is 12.2. The molecule has 6 heteroatoms. The first-order valence-corrected chi connectivity index (χ1v) is 8.61. The topological polar surface area (TPSA) is 72.6 Å². The molecule has 0 unspecified atom stereocenters. The van der Waals surface area contributed by atoms with Gasteiger partial charge in [0, 0.05) is 25.3 Å². The van der Waals surface area contributed by atoms with Gasteiger partial charge in [-0.3, -0.25) is 0 Å². The first-order chi connectivity index (χ1) is 12.7. The Kier molecular flexibility index (Phi) is 4.74. The second-order valence-corrected chi connectivity index (χ2v) is 6.92. The number of hydrogen-bond donors (Lipinski definition) is 0. The summed E-state index contributed by atoms with van der Waals surface area (Å²) in [6.45, 7) is 7.09. The van der Waals surface area contributed by atoms with Gasteiger partial charge in [-0.05, 0) is 57.5 Å². The van der Waals surface area contributed by atoms with Crippen molar-refractivity contribution in [2.24, 2.45) is 0 Å². The minimum Gasteiger partial charge on any atom is -0.441 e. The Morgan fingerprint density at radius 3 is 2.11 bits per heavy atom. The summed E-state index contributed by atoms with van der Waals surface area (Å²) in [5.74, 6) is -0.223. The number of cyclic esters (lactones) is 2. The van der Waals surface area contributed by atoms with Crippen LogP contribution < -0.4 is 4.90 Å². The molecule has 0 atom stereocenters. The van der Waals surface area contributed by atoms with Crippen molar-refractivity contribution in [1.82, 2.24) is 4.98 Å². The van der Waals surface area contributed by atoms with Crippen molar-refractivity contribution in [3.8, 4) is 11.5 Å². The summed E-state index contributed by atoms with van der Waals surface area (Å²) in [6.07, 6.45) is 0. The molecule has 1 aliphatic heterocycles. The van der Waals surface area contributed by atoms with Gasteiger partial charge < -0.3 is 14.1 Å². The summed E-state index contributed by atoms with van der Waals surface area (Å²) >= 11 is 0. The Morgan fingerprint density at radius 2 is 1.56 bits per heavy atom. The summed E-state index contributed by atoms with van der Waals surface area (Å²) in [4.78, 5) is 30.8. The number of nitrogens with zero attached hydrogens (tertiary/aromatic N) is 2. The Hall–Kier alpha value is -3.15. The molecule has 1 saturated heterocycles. The van der Waals surface area contributed by atoms with Gasteiger partial charge >= 0.3 is 11.9 Å². The van der Waals surface area contributed by atoms with Crippen molar-refractivity contribution in [3.05, 3.63) is 52.4 Å². The van der Waals surface area contributed by atoms with E-state index in [2.05, 4.69) is 4.98 Å². The quantitative estimate of drug-likeness (QED) is 0.466. The number of ether oxygens (including phenoxy) is 1. The molecule has 1 aliphatic rings. The van der Waals surface area contributed by atoms with E-state index in [0.29, 0.717) is 28.5 Å². The third-order valence-corrected chi connectivity index (χ3v) is 4.50. The van der Waals surface area contributed by atoms with Crippen LogP contribution in [-0.4, -0.2) is 31.0 Å². The molecule has 0 amide bonds. The molecule has 0 radical (unpaired) electrons. The molecule has 1 fully saturated rings. The maximum Gasteiger partial charge on any atom is 0.347 e. The Balaban J connectivity index is 2.07. The van der Waals surface area contributed by atoms with E-state index < -0.39 is 11.9 Å². The number of esters is 2. The van der Waals surface area contributed by atoms with Crippen molar-refractivity contribution in [3.63, 3.8) is 0 Å². The van der Waals surface area contributed by atoms with E-state index in [1.807, 2.05) is 43.3 Å². The zero-order valence-electron chi connectivity index (χ0n) is 16.3. The van der Waals surface area contributed by atoms with Gasteiger partial charge in [0.25, 0.3) is 0 Å². The van der Waals surface area contributed by atoms with E-state index in [1.165, 1.54) is 0 Å². The fourth-order valence-corrected chi connectivity index (χ4v) is 3.07. The highest BCUT2D eigenvalue weighted by atomic mass is 16.6. The summed E-state index contributed by atoms with van der Waals surface area (Å²) in [7, 11) is 3.95. The molecule has 1 aromatic carbocycles. The molecule has 0 bridgehead atoms. The smallest absolute Gasteiger partial charge is 0.347 e. The largest absolute Gasteiger partial charge is 0.441 e. The zero-order chi connectivity index (χ0) is 19.9. The molecule has 27 heavy (non-hydrogen) atoms. The van der Waals surface area contributed by atoms with Crippen LogP contribution in [0.25, 0.3) is 17.0 Å². The van der Waals surface area contributed by atoms with E-state index in [4.69, 9.17) is 9.15 Å². The van der Waals surface area contributed by atoms with E-state index in [-0.39, 0.29) is 5.57 Å². The summed E-state index contributed by atoms with van der Waals surface area (Å²) < 4.78 is 10.6. The number of carbonyl (C=O) groups is 2. The number of oxazole rings is 1. The molecule has 6 nitrogen and oxygen atoms in total. The summed E-state index contributed by atoms with van der Waals surface area (Å²) in [5, 5.41) is 0. The van der Waals surface area contributed by atoms with Gasteiger partial charge in [0.05, 0.1) is 11.1 Å². The highest BCUT2D eigenvalue weighted by Gasteiger charge is 2.37. The first kappa shape index (κ1) is 18.6. The van der Waals surface area contributed by atoms with E-state index >= 15 is 0 Å². The van der Waals surface area contributed by atoms with Gasteiger partial charge in [-0.25, -0.2) is 14.6 Å². The van der Waals surface area contributed by atoms with Gasteiger partial charge in [-0.1, -0.05) is 5.57 Å². The van der Waals surface area contributed by atoms with Crippen LogP contribution in [0.5, 0.6) is 0 Å². The summed E-state index contributed by atoms with van der Waals surface area (Å²) in [6, 6.07) is 7.83. The number of benzene rings is 1. The second-order valence-electron chi connectivity index (χ2n) is 6.92. The second kappa shape index (κ2) is 6.87. The predicted molar refractivity (Wildman–Crippen MR) is 103 cm³/mol. The SMILES string of the molecule is CC(C)=C1C(=O)OC(=O)/C1=C(\C)c1nc(-c2ccc(N(C)C)cc2)oc1C. The Bertz CT molecular complexity index is 988. The lowest BCUT2D eigenvalue weighted by molar-refractivity contribution is -0.149. The average molecular weight is 366 g/mol. The highest BCUT2D eigenvalue weighted by molar-refractivity contribution is 6.22. The fraction of sp³-hybridized carbons (Fsp3) is 0.286. The molecule has 3 rings (SSSR count). The van der Waals surface area contributed by atoms with Crippen LogP contribution in [0.2, 0.25) is 0 Å². The van der Waals surface area contributed by atoms with Gasteiger partial charge in [-0.2, -0.15) is 0 Å². The molecule has 1 aromatic heterocycles. The molecule has 140 valence electrons. The number of hydrogen-bond acceptors (Lipinski definition) is 6. The third kappa shape index (κ3) is 3.30. The van der Waals surface area contributed by atoms with Crippen LogP contribution in [0.15, 0.2) is 45.4 Å². The van der Waals surface area contributed by atoms with Crippen molar-refractivity contribution in [1.29, 1.82) is 0 Å². The molecular formula is C21H22N2O4. The molecular weight excluding hydrogens is 344 g/mol. The van der Waals surface area contributed by atoms with Crippen LogP contribution in [-0.2, 0) is 14.3 Å². The summed E-state index contributed by atoms with van der Waals surface area (Å²) in [5.41, 5.74) is 4.30. The third-order valence-electron chi connectivity index (χ3n) is 4.50. The average Bonchev–Trinajstić information content (AvgIpc) is 3.13. The van der Waals surface area contributed by atoms with E-state index in [9.17, 15) is 9.59 Å². The highest BCUT2D eigenvalue weighted by Crippen LogP contribution is 2.34. The number of aromatic nitrogens is 1. The van der Waals surface area contributed by atoms with Crippen molar-refractivity contribution in [2.75, 3.05) is 19.0 Å². The zero-order valence-corrected chi connectivity index (χ0v) is 16.3. The molecule has 0 spiro atoms. The van der Waals surface area contributed by atoms with Crippen molar-refractivity contribution in [2.45, 2.75) is 27.7 Å². The fourth-order valence-electron chi connectivity index (χ4n) is 3.07. The van der Waals surface area contributed by atoms with Crippen LogP contribution in [0.1, 0.15) is 32.2 Å². The van der Waals surface area contributed by atoms with Gasteiger partial charge in [0.2, 0.25) is 5.89 Å². The molecule has 0 aliphatic carbocycles. The number of allylic oxidation sites excluding steroid dienone is 2. The minimum absolute atomic E-state index is 0.255. The lowest BCUT2D eigenvalue weighted by Gasteiger charge is -2.11.